The van der Waals surface area contributed by atoms with E-state index in [0.29, 0.717) is 0 Å². The number of rotatable bonds is 4. The molecule has 1 aliphatic rings. The molecule has 1 aliphatic heterocycles. The number of likely N-dealkylation sites (tertiary alicyclic amines) is 1. The molecule has 0 aliphatic carbocycles. The van der Waals surface area contributed by atoms with Crippen LogP contribution < -0.4 is 5.32 Å². The molecule has 4 heteroatoms. The van der Waals surface area contributed by atoms with Crippen molar-refractivity contribution in [3.05, 3.63) is 35.6 Å². The minimum atomic E-state index is -0.293. The van der Waals surface area contributed by atoms with E-state index in [4.69, 9.17) is 0 Å². The van der Waals surface area contributed by atoms with Crippen LogP contribution in [-0.2, 0) is 11.2 Å². The van der Waals surface area contributed by atoms with Gasteiger partial charge in [-0.2, -0.15) is 0 Å². The molecule has 1 fully saturated rings. The Bertz CT molecular complexity index is 422. The van der Waals surface area contributed by atoms with E-state index < -0.39 is 0 Å². The topological polar surface area (TPSA) is 32.3 Å². The molecule has 0 bridgehead atoms. The zero-order valence-electron chi connectivity index (χ0n) is 10.7. The molecule has 1 N–H and O–H groups in total. The van der Waals surface area contributed by atoms with Crippen molar-refractivity contribution in [3.63, 3.8) is 0 Å². The number of benzene rings is 1. The second kappa shape index (κ2) is 5.96. The molecule has 0 radical (unpaired) electrons. The van der Waals surface area contributed by atoms with Gasteiger partial charge in [0.1, 0.15) is 5.82 Å². The van der Waals surface area contributed by atoms with Crippen LogP contribution in [0.25, 0.3) is 0 Å². The lowest BCUT2D eigenvalue weighted by atomic mass is 10.1. The predicted molar refractivity (Wildman–Crippen MR) is 68.8 cm³/mol. The summed E-state index contributed by atoms with van der Waals surface area (Å²) in [5.41, 5.74) is 0.720. The third-order valence-corrected chi connectivity index (χ3v) is 3.34. The molecule has 1 heterocycles. The quantitative estimate of drug-likeness (QED) is 0.880. The van der Waals surface area contributed by atoms with Crippen molar-refractivity contribution in [1.82, 2.24) is 10.2 Å². The summed E-state index contributed by atoms with van der Waals surface area (Å²) in [6.07, 6.45) is 1.25. The first-order chi connectivity index (χ1) is 8.67. The number of halogens is 1. The van der Waals surface area contributed by atoms with Gasteiger partial charge in [0, 0.05) is 19.1 Å². The summed E-state index contributed by atoms with van der Waals surface area (Å²) < 4.78 is 13.0. The number of hydrogen-bond donors (Lipinski definition) is 1. The van der Waals surface area contributed by atoms with E-state index in [1.54, 1.807) is 12.1 Å². The van der Waals surface area contributed by atoms with Gasteiger partial charge in [-0.1, -0.05) is 19.1 Å². The van der Waals surface area contributed by atoms with Gasteiger partial charge in [-0.3, -0.25) is 4.79 Å². The van der Waals surface area contributed by atoms with E-state index in [2.05, 4.69) is 17.1 Å². The molecule has 2 rings (SSSR count). The fourth-order valence-corrected chi connectivity index (χ4v) is 2.35. The Balaban J connectivity index is 1.82. The van der Waals surface area contributed by atoms with Gasteiger partial charge in [-0.05, 0) is 30.7 Å². The smallest absolute Gasteiger partial charge is 0.224 e. The average Bonchev–Trinajstić information content (AvgIpc) is 2.76. The molecule has 1 saturated heterocycles. The molecule has 1 aromatic carbocycles. The van der Waals surface area contributed by atoms with Gasteiger partial charge in [0.2, 0.25) is 5.91 Å². The molecule has 1 aromatic rings. The molecular formula is C14H19FN2O. The maximum Gasteiger partial charge on any atom is 0.224 e. The van der Waals surface area contributed by atoms with Gasteiger partial charge in [0.05, 0.1) is 6.42 Å². The molecule has 1 amide bonds. The van der Waals surface area contributed by atoms with E-state index in [9.17, 15) is 9.18 Å². The fraction of sp³-hybridized carbons (Fsp3) is 0.500. The number of carbonyl (C=O) groups excluding carboxylic acids is 1. The van der Waals surface area contributed by atoms with Gasteiger partial charge in [0.25, 0.3) is 0 Å². The first-order valence-corrected chi connectivity index (χ1v) is 6.43. The van der Waals surface area contributed by atoms with Crippen molar-refractivity contribution in [2.24, 2.45) is 0 Å². The Labute approximate surface area is 107 Å². The Kier molecular flexibility index (Phi) is 4.31. The van der Waals surface area contributed by atoms with Gasteiger partial charge in [-0.15, -0.1) is 0 Å². The van der Waals surface area contributed by atoms with Crippen LogP contribution in [0.3, 0.4) is 0 Å². The fourth-order valence-electron chi connectivity index (χ4n) is 2.35. The lowest BCUT2D eigenvalue weighted by molar-refractivity contribution is -0.121. The SMILES string of the molecule is CCN1CC[C@H](NC(=O)Cc2cccc(F)c2)C1. The summed E-state index contributed by atoms with van der Waals surface area (Å²) in [5, 5.41) is 3.01. The molecule has 98 valence electrons. The van der Waals surface area contributed by atoms with Gasteiger partial charge in [-0.25, -0.2) is 4.39 Å². The van der Waals surface area contributed by atoms with Crippen LogP contribution in [0.5, 0.6) is 0 Å². The standard InChI is InChI=1S/C14H19FN2O/c1-2-17-7-6-13(10-17)16-14(18)9-11-4-3-5-12(15)8-11/h3-5,8,13H,2,6-7,9-10H2,1H3,(H,16,18)/t13-/m0/s1. The van der Waals surface area contributed by atoms with Crippen molar-refractivity contribution in [2.45, 2.75) is 25.8 Å². The lowest BCUT2D eigenvalue weighted by Crippen LogP contribution is -2.37. The Morgan fingerprint density at radius 1 is 1.56 bits per heavy atom. The third-order valence-electron chi connectivity index (χ3n) is 3.34. The second-order valence-corrected chi connectivity index (χ2v) is 4.75. The maximum absolute atomic E-state index is 13.0. The highest BCUT2D eigenvalue weighted by Crippen LogP contribution is 2.09. The summed E-state index contributed by atoms with van der Waals surface area (Å²) in [5.74, 6) is -0.318. The van der Waals surface area contributed by atoms with E-state index in [0.717, 1.165) is 31.6 Å². The average molecular weight is 250 g/mol. The number of hydrogen-bond acceptors (Lipinski definition) is 2. The molecule has 0 spiro atoms. The highest BCUT2D eigenvalue weighted by molar-refractivity contribution is 5.78. The van der Waals surface area contributed by atoms with Crippen molar-refractivity contribution in [3.8, 4) is 0 Å². The molecule has 1 atom stereocenters. The number of carbonyl (C=O) groups is 1. The lowest BCUT2D eigenvalue weighted by Gasteiger charge is -2.14. The van der Waals surface area contributed by atoms with Crippen LogP contribution in [0.15, 0.2) is 24.3 Å². The van der Waals surface area contributed by atoms with Crippen LogP contribution in [0.2, 0.25) is 0 Å². The van der Waals surface area contributed by atoms with E-state index in [-0.39, 0.29) is 24.2 Å². The van der Waals surface area contributed by atoms with Gasteiger partial charge < -0.3 is 10.2 Å². The summed E-state index contributed by atoms with van der Waals surface area (Å²) in [6.45, 7) is 5.11. The minimum Gasteiger partial charge on any atom is -0.352 e. The first kappa shape index (κ1) is 13.0. The third kappa shape index (κ3) is 3.53. The summed E-state index contributed by atoms with van der Waals surface area (Å²) >= 11 is 0. The summed E-state index contributed by atoms with van der Waals surface area (Å²) in [6, 6.07) is 6.44. The van der Waals surface area contributed by atoms with E-state index >= 15 is 0 Å². The Morgan fingerprint density at radius 2 is 2.39 bits per heavy atom. The summed E-state index contributed by atoms with van der Waals surface area (Å²) in [4.78, 5) is 14.1. The normalized spacial score (nSPS) is 20.0. The van der Waals surface area contributed by atoms with E-state index in [1.807, 2.05) is 0 Å². The van der Waals surface area contributed by atoms with E-state index in [1.165, 1.54) is 12.1 Å². The van der Waals surface area contributed by atoms with Crippen molar-refractivity contribution < 1.29 is 9.18 Å². The second-order valence-electron chi connectivity index (χ2n) is 4.75. The Morgan fingerprint density at radius 3 is 3.06 bits per heavy atom. The number of amides is 1. The zero-order valence-corrected chi connectivity index (χ0v) is 10.7. The largest absolute Gasteiger partial charge is 0.352 e. The maximum atomic E-state index is 13.0. The van der Waals surface area contributed by atoms with Crippen LogP contribution in [0.4, 0.5) is 4.39 Å². The van der Waals surface area contributed by atoms with Crippen LogP contribution in [-0.4, -0.2) is 36.5 Å². The molecule has 0 unspecified atom stereocenters. The minimum absolute atomic E-state index is 0.0245. The van der Waals surface area contributed by atoms with Gasteiger partial charge >= 0.3 is 0 Å². The van der Waals surface area contributed by atoms with Crippen molar-refractivity contribution in [1.29, 1.82) is 0 Å². The highest BCUT2D eigenvalue weighted by Gasteiger charge is 2.22. The molecule has 18 heavy (non-hydrogen) atoms. The first-order valence-electron chi connectivity index (χ1n) is 6.43. The monoisotopic (exact) mass is 250 g/mol. The molecular weight excluding hydrogens is 231 g/mol. The number of likely N-dealkylation sites (N-methyl/N-ethyl adjacent to an activating group) is 1. The number of nitrogens with zero attached hydrogens (tertiary/aromatic N) is 1. The van der Waals surface area contributed by atoms with Gasteiger partial charge in [0.15, 0.2) is 0 Å². The zero-order chi connectivity index (χ0) is 13.0. The van der Waals surface area contributed by atoms with Crippen LogP contribution in [0, 0.1) is 5.82 Å². The van der Waals surface area contributed by atoms with Crippen LogP contribution in [0.1, 0.15) is 18.9 Å². The van der Waals surface area contributed by atoms with Crippen molar-refractivity contribution >= 4 is 5.91 Å². The molecule has 3 nitrogen and oxygen atoms in total. The van der Waals surface area contributed by atoms with Crippen molar-refractivity contribution in [2.75, 3.05) is 19.6 Å². The molecule has 0 saturated carbocycles. The van der Waals surface area contributed by atoms with Crippen LogP contribution >= 0.6 is 0 Å². The predicted octanol–water partition coefficient (Wildman–Crippen LogP) is 1.58. The summed E-state index contributed by atoms with van der Waals surface area (Å²) in [7, 11) is 0. The Hall–Kier alpha value is -1.42. The molecule has 0 aromatic heterocycles. The highest BCUT2D eigenvalue weighted by atomic mass is 19.1. The number of nitrogens with one attached hydrogen (secondary N) is 1.